The zero-order chi connectivity index (χ0) is 71.6. The molecule has 0 aromatic rings. The van der Waals surface area contributed by atoms with Crippen LogP contribution in [0.3, 0.4) is 0 Å². The molecule has 4 unspecified atom stereocenters. The number of hydrogen-bond acceptors (Lipinski definition) is 23. The number of fused-ring (bicyclic) bond motifs is 2. The number of carbonyl (C=O) groups excluding carboxylic acids is 1. The minimum absolute atomic E-state index is 0.0123. The highest BCUT2D eigenvalue weighted by Crippen LogP contribution is 2.42. The van der Waals surface area contributed by atoms with Gasteiger partial charge in [-0.25, -0.2) is 0 Å². The molecule has 23 nitrogen and oxygen atoms in total. The lowest BCUT2D eigenvalue weighted by atomic mass is 9.80. The first-order valence-corrected chi connectivity index (χ1v) is 35.7. The zero-order valence-electron chi connectivity index (χ0n) is 59.3. The number of allylic oxidation sites excluding steroid dienone is 2. The second-order valence-corrected chi connectivity index (χ2v) is 29.2. The molecule has 2 fully saturated rings. The Morgan fingerprint density at radius 3 is 1.80 bits per heavy atom. The first-order valence-electron chi connectivity index (χ1n) is 35.7. The van der Waals surface area contributed by atoms with E-state index < -0.39 is 182 Å². The molecule has 0 aliphatic carbocycles. The van der Waals surface area contributed by atoms with Crippen LogP contribution in [0.15, 0.2) is 47.6 Å². The Balaban J connectivity index is 1.85. The minimum Gasteiger partial charge on any atom is -0.458 e. The highest BCUT2D eigenvalue weighted by molar-refractivity contribution is 5.71. The highest BCUT2D eigenvalue weighted by atomic mass is 16.7. The maximum Gasteiger partial charge on any atom is 0.311 e. The van der Waals surface area contributed by atoms with Crippen molar-refractivity contribution in [2.24, 2.45) is 35.5 Å². The molecule has 0 saturated carbocycles. The molecule has 0 aromatic heterocycles. The van der Waals surface area contributed by atoms with Gasteiger partial charge >= 0.3 is 5.97 Å². The summed E-state index contributed by atoms with van der Waals surface area (Å²) in [7, 11) is 3.40. The van der Waals surface area contributed by atoms with Gasteiger partial charge in [0.05, 0.1) is 122 Å². The summed E-state index contributed by atoms with van der Waals surface area (Å²) in [4.78, 5) is 15.4. The lowest BCUT2D eigenvalue weighted by Crippen LogP contribution is -2.64. The van der Waals surface area contributed by atoms with Gasteiger partial charge in [-0.05, 0) is 155 Å². The summed E-state index contributed by atoms with van der Waals surface area (Å²) in [6.07, 6.45) is -6.51. The largest absolute Gasteiger partial charge is 0.458 e. The summed E-state index contributed by atoms with van der Waals surface area (Å²) < 4.78 is 24.5. The molecule has 2 bridgehead atoms. The van der Waals surface area contributed by atoms with Crippen LogP contribution >= 0.6 is 0 Å². The topological polar surface area (TPSA) is 401 Å². The number of aliphatic hydroxyl groups is 17. The number of unbranched alkanes of at least 4 members (excludes halogenated alkanes) is 3. The van der Waals surface area contributed by atoms with Crippen LogP contribution in [0, 0.1) is 35.5 Å². The number of carbonyl (C=O) groups is 1. The molecule has 3 heterocycles. The van der Waals surface area contributed by atoms with Gasteiger partial charge in [-0.2, -0.15) is 0 Å². The predicted octanol–water partition coefficient (Wildman–Crippen LogP) is 4.26. The molecule has 556 valence electrons. The third kappa shape index (κ3) is 29.6. The Labute approximate surface area is 567 Å². The van der Waals surface area contributed by atoms with Crippen molar-refractivity contribution in [2.45, 2.75) is 351 Å². The Morgan fingerprint density at radius 2 is 1.18 bits per heavy atom. The van der Waals surface area contributed by atoms with Crippen LogP contribution in [0.2, 0.25) is 0 Å². The number of aliphatic hydroxyl groups excluding tert-OH is 16. The molecular formula is C72H131NO22. The van der Waals surface area contributed by atoms with Gasteiger partial charge in [-0.1, -0.05) is 97.6 Å². The third-order valence-electron chi connectivity index (χ3n) is 20.7. The second kappa shape index (κ2) is 43.4. The monoisotopic (exact) mass is 1360 g/mol. The van der Waals surface area contributed by atoms with Crippen molar-refractivity contribution in [1.82, 2.24) is 4.90 Å². The molecule has 3 rings (SSSR count). The van der Waals surface area contributed by atoms with E-state index in [2.05, 4.69) is 6.92 Å². The summed E-state index contributed by atoms with van der Waals surface area (Å²) in [6, 6.07) is -0.781. The number of hydrogen-bond donors (Lipinski definition) is 17. The number of cyclic esters (lactones) is 1. The maximum atomic E-state index is 13.7. The molecule has 23 heteroatoms. The van der Waals surface area contributed by atoms with Gasteiger partial charge in [-0.15, -0.1) is 0 Å². The van der Waals surface area contributed by atoms with Crippen molar-refractivity contribution >= 4 is 5.97 Å². The minimum atomic E-state index is -2.26. The number of nitrogens with zero attached hydrogens (tertiary/aromatic N) is 1. The fourth-order valence-electron chi connectivity index (χ4n) is 13.5. The molecule has 95 heavy (non-hydrogen) atoms. The Kier molecular flexibility index (Phi) is 39.7. The molecule has 0 aromatic carbocycles. The standard InChI is InChI=1S/C72H131NO22/c1-13-14-15-16-22-50-34-43(4)62(85)37-52(75)24-20-27-57(80)45(6)56(79)25-18-17-21-42(3)67(87)47(8)63-39-64(94-71-70(90)66(73(11)12)68(88)49(10)93-71)48(9)72(91,95-63)40-65(86)92-44(5)29-30-53(76)35-51(74)23-19-26-58(81)46(7)59(82)32-28-41(2)61(84)38-55(78)36-54(77)31-33-60(83)69(50)89/h17-18,21,29-30,34,41,44-64,66-71,74-85,87-91H,13-16,19-20,22-28,31-33,35-40H2,1-12H3/b18-17+,30-29+,42-21+,43-34+/t41-,44?,45-,46+,47+,48+,49+,50-,51-,52+,53+,54+,55-,56+,57-,58-,59+,60?,61+,62-,63-,64-,66-,67+,68+,69+,70+,71?,72?/m0/s1. The fraction of sp³-hybridized carbons (Fsp3) is 0.875. The van der Waals surface area contributed by atoms with Gasteiger partial charge in [0.2, 0.25) is 0 Å². The molecule has 0 spiro atoms. The number of likely N-dealkylation sites (N-methyl/N-ethyl adjacent to an activating group) is 1. The van der Waals surface area contributed by atoms with E-state index in [4.69, 9.17) is 18.9 Å². The lowest BCUT2D eigenvalue weighted by Gasteiger charge is -2.50. The van der Waals surface area contributed by atoms with E-state index in [0.717, 1.165) is 25.7 Å². The number of rotatable bonds is 8. The van der Waals surface area contributed by atoms with E-state index in [9.17, 15) is 91.6 Å². The van der Waals surface area contributed by atoms with Crippen LogP contribution < -0.4 is 0 Å². The van der Waals surface area contributed by atoms with Crippen LogP contribution in [0.5, 0.6) is 0 Å². The molecular weight excluding hydrogens is 1230 g/mol. The van der Waals surface area contributed by atoms with Gasteiger partial charge in [0, 0.05) is 48.9 Å². The fourth-order valence-corrected chi connectivity index (χ4v) is 13.5. The predicted molar refractivity (Wildman–Crippen MR) is 361 cm³/mol. The van der Waals surface area contributed by atoms with Crippen molar-refractivity contribution in [2.75, 3.05) is 14.1 Å². The van der Waals surface area contributed by atoms with Crippen molar-refractivity contribution in [3.05, 3.63) is 47.6 Å². The number of esters is 1. The molecule has 3 aliphatic rings. The summed E-state index contributed by atoms with van der Waals surface area (Å²) in [6.45, 7) is 17.2. The van der Waals surface area contributed by atoms with Gasteiger partial charge in [0.15, 0.2) is 12.1 Å². The van der Waals surface area contributed by atoms with Gasteiger partial charge in [0.1, 0.15) is 12.2 Å². The lowest BCUT2D eigenvalue weighted by molar-refractivity contribution is -0.351. The van der Waals surface area contributed by atoms with E-state index in [1.54, 1.807) is 106 Å². The van der Waals surface area contributed by atoms with E-state index >= 15 is 0 Å². The molecule has 0 radical (unpaired) electrons. The summed E-state index contributed by atoms with van der Waals surface area (Å²) in [5, 5.41) is 190. The van der Waals surface area contributed by atoms with Crippen molar-refractivity contribution in [1.29, 1.82) is 0 Å². The normalized spacial score (nSPS) is 44.7. The Bertz CT molecular complexity index is 2240. The van der Waals surface area contributed by atoms with Crippen LogP contribution in [-0.4, -0.2) is 252 Å². The maximum absolute atomic E-state index is 13.7. The van der Waals surface area contributed by atoms with Gasteiger partial charge in [-0.3, -0.25) is 4.79 Å². The van der Waals surface area contributed by atoms with Crippen LogP contribution in [0.1, 0.15) is 210 Å². The smallest absolute Gasteiger partial charge is 0.311 e. The quantitative estimate of drug-likeness (QED) is 0.0917. The molecule has 0 amide bonds. The molecule has 29 atom stereocenters. The second-order valence-electron chi connectivity index (χ2n) is 29.2. The zero-order valence-corrected chi connectivity index (χ0v) is 59.3. The average Bonchev–Trinajstić information content (AvgIpc) is 0.770. The summed E-state index contributed by atoms with van der Waals surface area (Å²) >= 11 is 0. The van der Waals surface area contributed by atoms with E-state index in [1.807, 2.05) is 0 Å². The van der Waals surface area contributed by atoms with E-state index in [-0.39, 0.29) is 89.4 Å². The Morgan fingerprint density at radius 1 is 0.589 bits per heavy atom. The van der Waals surface area contributed by atoms with Crippen LogP contribution in [-0.2, 0) is 23.7 Å². The molecule has 17 N–H and O–H groups in total. The van der Waals surface area contributed by atoms with Crippen LogP contribution in [0.4, 0.5) is 0 Å². The first-order chi connectivity index (χ1) is 44.5. The molecule has 3 aliphatic heterocycles. The average molecular weight is 1360 g/mol. The SMILES string of the molecule is CCCCCC[C@H]1/C=C(\C)[C@@H](O)C[C@H](O)CCC[C@H](O)[C@@H](C)[C@H](O)C/C=C/C=C(\C)[C@@H](O)[C@H](C)[C@@H]2C[C@H](OC3O[C@H](C)[C@@H](O)[C@H](N(C)C)[C@H]3O)[C@@H](C)C(O)(CC(=O)OC(C)/C=C/[C@@H](O)C[C@@H](O)CCC[C@H](O)[C@@H](C)[C@H](O)CC[C@H](C)[C@H](O)C[C@@H](O)C[C@H](O)CCC(O)[C@@H]1O)O2. The van der Waals surface area contributed by atoms with Gasteiger partial charge < -0.3 is 111 Å². The summed E-state index contributed by atoms with van der Waals surface area (Å²) in [5.74, 6) is -6.87. The number of ether oxygens (including phenoxy) is 4. The van der Waals surface area contributed by atoms with Crippen molar-refractivity contribution < 1.29 is 111 Å². The van der Waals surface area contributed by atoms with E-state index in [1.165, 1.54) is 12.2 Å². The van der Waals surface area contributed by atoms with Gasteiger partial charge in [0.25, 0.3) is 0 Å². The third-order valence-corrected chi connectivity index (χ3v) is 20.7. The first kappa shape index (κ1) is 86.8. The van der Waals surface area contributed by atoms with E-state index in [0.29, 0.717) is 36.8 Å². The highest BCUT2D eigenvalue weighted by Gasteiger charge is 2.53. The Hall–Kier alpha value is -2.41. The van der Waals surface area contributed by atoms with Crippen molar-refractivity contribution in [3.8, 4) is 0 Å². The summed E-state index contributed by atoms with van der Waals surface area (Å²) in [5.41, 5.74) is 1.00. The molecule has 2 saturated heterocycles. The van der Waals surface area contributed by atoms with Crippen molar-refractivity contribution in [3.63, 3.8) is 0 Å². The van der Waals surface area contributed by atoms with Crippen LogP contribution in [0.25, 0.3) is 0 Å².